The second-order valence-electron chi connectivity index (χ2n) is 3.52. The standard InChI is InChI=1S/C10H7ClF5NO2/c11-2-6-4(1-7(18)19)8(10(14,15)16)5(3-17-6)9(12)13/h3,9H,1-2H2,(H,18,19). The van der Waals surface area contributed by atoms with Crippen LogP contribution in [0.15, 0.2) is 6.20 Å². The summed E-state index contributed by atoms with van der Waals surface area (Å²) >= 11 is 5.36. The van der Waals surface area contributed by atoms with Gasteiger partial charge < -0.3 is 5.11 Å². The van der Waals surface area contributed by atoms with Crippen LogP contribution in [0.5, 0.6) is 0 Å². The summed E-state index contributed by atoms with van der Waals surface area (Å²) in [6, 6.07) is 0. The summed E-state index contributed by atoms with van der Waals surface area (Å²) in [6.45, 7) is 0. The highest BCUT2D eigenvalue weighted by molar-refractivity contribution is 6.17. The molecule has 0 aliphatic heterocycles. The molecular formula is C10H7ClF5NO2. The first kappa shape index (κ1) is 15.6. The van der Waals surface area contributed by atoms with Gasteiger partial charge >= 0.3 is 12.1 Å². The van der Waals surface area contributed by atoms with Crippen LogP contribution in [-0.2, 0) is 23.3 Å². The maximum absolute atomic E-state index is 12.8. The van der Waals surface area contributed by atoms with Gasteiger partial charge in [0, 0.05) is 11.8 Å². The first-order valence-corrected chi connectivity index (χ1v) is 5.35. The molecule has 1 aromatic rings. The predicted molar refractivity (Wildman–Crippen MR) is 55.1 cm³/mol. The minimum atomic E-state index is -5.11. The first-order chi connectivity index (χ1) is 8.68. The monoisotopic (exact) mass is 303 g/mol. The van der Waals surface area contributed by atoms with Crippen molar-refractivity contribution in [3.8, 4) is 0 Å². The molecule has 1 N–H and O–H groups in total. The van der Waals surface area contributed by atoms with Crippen LogP contribution < -0.4 is 0 Å². The maximum atomic E-state index is 12.8. The zero-order valence-corrected chi connectivity index (χ0v) is 9.90. The molecule has 0 radical (unpaired) electrons. The van der Waals surface area contributed by atoms with Crippen LogP contribution in [0.3, 0.4) is 0 Å². The molecule has 0 saturated heterocycles. The molecular weight excluding hydrogens is 297 g/mol. The second kappa shape index (κ2) is 5.68. The molecule has 106 valence electrons. The molecule has 0 amide bonds. The topological polar surface area (TPSA) is 50.2 Å². The molecule has 1 heterocycles. The van der Waals surface area contributed by atoms with Crippen LogP contribution >= 0.6 is 11.6 Å². The Balaban J connectivity index is 3.61. The number of aromatic nitrogens is 1. The smallest absolute Gasteiger partial charge is 0.417 e. The van der Waals surface area contributed by atoms with Gasteiger partial charge in [0.05, 0.1) is 23.6 Å². The number of halogens is 6. The summed E-state index contributed by atoms with van der Waals surface area (Å²) < 4.78 is 63.7. The van der Waals surface area contributed by atoms with Crippen molar-refractivity contribution in [3.05, 3.63) is 28.6 Å². The van der Waals surface area contributed by atoms with E-state index in [4.69, 9.17) is 16.7 Å². The van der Waals surface area contributed by atoms with E-state index in [1.807, 2.05) is 0 Å². The van der Waals surface area contributed by atoms with E-state index in [0.29, 0.717) is 6.20 Å². The van der Waals surface area contributed by atoms with E-state index < -0.39 is 47.6 Å². The Morgan fingerprint density at radius 1 is 1.42 bits per heavy atom. The third-order valence-corrected chi connectivity index (χ3v) is 2.52. The van der Waals surface area contributed by atoms with Crippen molar-refractivity contribution in [2.75, 3.05) is 0 Å². The predicted octanol–water partition coefficient (Wildman–Crippen LogP) is 3.40. The first-order valence-electron chi connectivity index (χ1n) is 4.82. The number of carboxylic acid groups (broad SMARTS) is 1. The van der Waals surface area contributed by atoms with Gasteiger partial charge in [-0.2, -0.15) is 13.2 Å². The molecule has 0 bridgehead atoms. The highest BCUT2D eigenvalue weighted by atomic mass is 35.5. The fourth-order valence-corrected chi connectivity index (χ4v) is 1.80. The lowest BCUT2D eigenvalue weighted by molar-refractivity contribution is -0.141. The van der Waals surface area contributed by atoms with Crippen molar-refractivity contribution in [2.24, 2.45) is 0 Å². The van der Waals surface area contributed by atoms with Gasteiger partial charge in [-0.1, -0.05) is 0 Å². The number of alkyl halides is 6. The molecule has 0 spiro atoms. The number of aliphatic carboxylic acids is 1. The van der Waals surface area contributed by atoms with Crippen LogP contribution in [0, 0.1) is 0 Å². The van der Waals surface area contributed by atoms with Gasteiger partial charge in [-0.25, -0.2) is 8.78 Å². The van der Waals surface area contributed by atoms with Gasteiger partial charge in [0.25, 0.3) is 6.43 Å². The van der Waals surface area contributed by atoms with E-state index in [9.17, 15) is 26.7 Å². The number of pyridine rings is 1. The summed E-state index contributed by atoms with van der Waals surface area (Å²) in [5.74, 6) is -2.10. The minimum absolute atomic E-state index is 0.372. The van der Waals surface area contributed by atoms with Crippen LogP contribution in [-0.4, -0.2) is 16.1 Å². The fraction of sp³-hybridized carbons (Fsp3) is 0.400. The van der Waals surface area contributed by atoms with E-state index in [1.54, 1.807) is 0 Å². The lowest BCUT2D eigenvalue weighted by Gasteiger charge is -2.18. The molecule has 9 heteroatoms. The van der Waals surface area contributed by atoms with Gasteiger partial charge in [0.15, 0.2) is 0 Å². The Morgan fingerprint density at radius 2 is 2.00 bits per heavy atom. The number of hydrogen-bond acceptors (Lipinski definition) is 2. The van der Waals surface area contributed by atoms with E-state index >= 15 is 0 Å². The molecule has 0 aliphatic rings. The van der Waals surface area contributed by atoms with Crippen LogP contribution in [0.2, 0.25) is 0 Å². The third-order valence-electron chi connectivity index (χ3n) is 2.27. The van der Waals surface area contributed by atoms with Gasteiger partial charge in [-0.05, 0) is 5.56 Å². The van der Waals surface area contributed by atoms with E-state index in [0.717, 1.165) is 0 Å². The van der Waals surface area contributed by atoms with Crippen molar-refractivity contribution in [1.29, 1.82) is 0 Å². The number of nitrogens with zero attached hydrogens (tertiary/aromatic N) is 1. The zero-order chi connectivity index (χ0) is 14.8. The second-order valence-corrected chi connectivity index (χ2v) is 3.78. The Hall–Kier alpha value is -1.44. The van der Waals surface area contributed by atoms with Gasteiger partial charge in [-0.15, -0.1) is 11.6 Å². The molecule has 0 aromatic carbocycles. The average molecular weight is 304 g/mol. The Kier molecular flexibility index (Phi) is 4.67. The van der Waals surface area contributed by atoms with Crippen molar-refractivity contribution in [1.82, 2.24) is 4.98 Å². The third kappa shape index (κ3) is 3.52. The minimum Gasteiger partial charge on any atom is -0.481 e. The molecule has 0 fully saturated rings. The van der Waals surface area contributed by atoms with Crippen molar-refractivity contribution in [2.45, 2.75) is 24.9 Å². The molecule has 0 aliphatic carbocycles. The molecule has 0 saturated carbocycles. The zero-order valence-electron chi connectivity index (χ0n) is 9.14. The molecule has 1 aromatic heterocycles. The lowest BCUT2D eigenvalue weighted by Crippen LogP contribution is -2.18. The molecule has 3 nitrogen and oxygen atoms in total. The van der Waals surface area contributed by atoms with Crippen LogP contribution in [0.1, 0.15) is 28.8 Å². The summed E-state index contributed by atoms with van der Waals surface area (Å²) in [6.07, 6.45) is -9.23. The highest BCUT2D eigenvalue weighted by Gasteiger charge is 2.40. The summed E-state index contributed by atoms with van der Waals surface area (Å²) in [4.78, 5) is 13.9. The van der Waals surface area contributed by atoms with Gasteiger partial charge in [-0.3, -0.25) is 9.78 Å². The average Bonchev–Trinajstić information content (AvgIpc) is 2.25. The number of carboxylic acids is 1. The largest absolute Gasteiger partial charge is 0.481 e. The maximum Gasteiger partial charge on any atom is 0.417 e. The molecule has 1 rings (SSSR count). The van der Waals surface area contributed by atoms with Gasteiger partial charge in [0.2, 0.25) is 0 Å². The Morgan fingerprint density at radius 3 is 2.37 bits per heavy atom. The van der Waals surface area contributed by atoms with Crippen molar-refractivity contribution in [3.63, 3.8) is 0 Å². The van der Waals surface area contributed by atoms with Crippen LogP contribution in [0.25, 0.3) is 0 Å². The molecule has 0 atom stereocenters. The van der Waals surface area contributed by atoms with E-state index in [2.05, 4.69) is 4.98 Å². The normalized spacial score (nSPS) is 11.9. The van der Waals surface area contributed by atoms with Crippen LogP contribution in [0.4, 0.5) is 22.0 Å². The number of hydrogen-bond donors (Lipinski definition) is 1. The van der Waals surface area contributed by atoms with Crippen molar-refractivity contribution >= 4 is 17.6 Å². The number of rotatable bonds is 4. The molecule has 19 heavy (non-hydrogen) atoms. The fourth-order valence-electron chi connectivity index (χ4n) is 1.57. The summed E-state index contributed by atoms with van der Waals surface area (Å²) in [7, 11) is 0. The van der Waals surface area contributed by atoms with E-state index in [-0.39, 0.29) is 5.69 Å². The lowest BCUT2D eigenvalue weighted by atomic mass is 9.98. The Labute approximate surface area is 109 Å². The highest BCUT2D eigenvalue weighted by Crippen LogP contribution is 2.39. The van der Waals surface area contributed by atoms with E-state index in [1.165, 1.54) is 0 Å². The Bertz CT molecular complexity index is 490. The quantitative estimate of drug-likeness (QED) is 0.685. The number of carbonyl (C=O) groups is 1. The molecule has 0 unspecified atom stereocenters. The summed E-state index contributed by atoms with van der Waals surface area (Å²) in [5.41, 5.74) is -4.22. The SMILES string of the molecule is O=C(O)Cc1c(CCl)ncc(C(F)F)c1C(F)(F)F. The van der Waals surface area contributed by atoms with Gasteiger partial charge in [0.1, 0.15) is 0 Å². The summed E-state index contributed by atoms with van der Waals surface area (Å²) in [5, 5.41) is 8.58. The van der Waals surface area contributed by atoms with Crippen molar-refractivity contribution < 1.29 is 31.9 Å².